The molecule has 0 saturated carbocycles. The summed E-state index contributed by atoms with van der Waals surface area (Å²) in [6.07, 6.45) is -4.81. The first-order valence-electron chi connectivity index (χ1n) is 11.7. The summed E-state index contributed by atoms with van der Waals surface area (Å²) in [4.78, 5) is 38.5. The van der Waals surface area contributed by atoms with Crippen LogP contribution >= 0.6 is 30.3 Å². The third kappa shape index (κ3) is 6.90. The summed E-state index contributed by atoms with van der Waals surface area (Å²) in [5, 5.41) is 13.3. The number of para-hydroxylation sites is 1. The van der Waals surface area contributed by atoms with Crippen molar-refractivity contribution in [1.29, 1.82) is 0 Å². The Morgan fingerprint density at radius 3 is 2.58 bits per heavy atom. The number of aliphatic hydroxyl groups is 1. The zero-order valence-corrected chi connectivity index (χ0v) is 24.2. The third-order valence-electron chi connectivity index (χ3n) is 5.62. The van der Waals surface area contributed by atoms with Crippen molar-refractivity contribution in [3.05, 3.63) is 62.9 Å². The van der Waals surface area contributed by atoms with E-state index < -0.39 is 67.8 Å². The van der Waals surface area contributed by atoms with Crippen molar-refractivity contribution in [1.82, 2.24) is 14.6 Å². The van der Waals surface area contributed by atoms with Gasteiger partial charge in [0.2, 0.25) is 0 Å². The third-order valence-corrected chi connectivity index (χ3v) is 8.53. The number of benzene rings is 1. The second-order valence-electron chi connectivity index (χ2n) is 9.09. The lowest BCUT2D eigenvalue weighted by Gasteiger charge is -2.32. The van der Waals surface area contributed by atoms with Crippen LogP contribution in [-0.2, 0) is 23.4 Å². The lowest BCUT2D eigenvalue weighted by atomic mass is 9.99. The fourth-order valence-corrected chi connectivity index (χ4v) is 6.00. The van der Waals surface area contributed by atoms with Crippen molar-refractivity contribution < 1.29 is 37.4 Å². The van der Waals surface area contributed by atoms with Gasteiger partial charge in [0.05, 0.1) is 12.7 Å². The molecule has 12 nitrogen and oxygen atoms in total. The number of nitrogens with one attached hydrogen (secondary N) is 2. The van der Waals surface area contributed by atoms with E-state index in [1.165, 1.54) is 26.0 Å². The molecule has 2 heterocycles. The number of carbonyl (C=O) groups excluding carboxylic acids is 1. The first kappa shape index (κ1) is 30.4. The highest BCUT2D eigenvalue weighted by atomic mass is 127. The maximum atomic E-state index is 15.3. The van der Waals surface area contributed by atoms with Crippen LogP contribution in [0.5, 0.6) is 5.75 Å². The van der Waals surface area contributed by atoms with E-state index in [0.29, 0.717) is 0 Å². The number of H-pyrrole nitrogens is 1. The Labute approximate surface area is 231 Å². The number of hydrogen-bond acceptors (Lipinski definition) is 9. The smallest absolute Gasteiger partial charge is 0.459 e. The van der Waals surface area contributed by atoms with Crippen molar-refractivity contribution >= 4 is 36.3 Å². The van der Waals surface area contributed by atoms with Crippen molar-refractivity contribution in [3.63, 3.8) is 0 Å². The number of ether oxygens (including phenoxy) is 2. The minimum atomic E-state index is -4.35. The molecule has 0 aliphatic carbocycles. The molecule has 0 amide bonds. The number of aryl methyl sites for hydroxylation is 1. The molecule has 1 aliphatic rings. The summed E-state index contributed by atoms with van der Waals surface area (Å²) in [5.74, 6) is -0.557. The van der Waals surface area contributed by atoms with Crippen LogP contribution in [0, 0.1) is 6.92 Å². The molecule has 1 aromatic heterocycles. The molecule has 38 heavy (non-hydrogen) atoms. The minimum Gasteiger partial charge on any atom is -0.462 e. The Hall–Kier alpha value is -2.10. The molecular formula is C23H30FIN3O9P. The van der Waals surface area contributed by atoms with Gasteiger partial charge in [0.1, 0.15) is 23.5 Å². The fraction of sp³-hybridized carbons (Fsp3) is 0.522. The molecule has 0 radical (unpaired) electrons. The predicted octanol–water partition coefficient (Wildman–Crippen LogP) is 2.38. The zero-order valence-electron chi connectivity index (χ0n) is 21.1. The summed E-state index contributed by atoms with van der Waals surface area (Å²) < 4.78 is 52.1. The Kier molecular flexibility index (Phi) is 9.92. The standard InChI is InChI=1S/C23H30FIN3O9P/c1-13(2)35-21(31)15(4)27-38(33,37-16-8-6-5-7-9-16)34-12-23(11-25)18(29)17(24)20(36-23)28-10-14(3)19(30)26-22(28)32/h5-10,13,15,17-18,20,29H,11-12H2,1-4H3,(H,27,33)(H,26,30,32)/t15-,17-,18-,20+,23+,38?/m0/s1. The second kappa shape index (κ2) is 12.4. The van der Waals surface area contributed by atoms with Crippen LogP contribution < -0.4 is 20.9 Å². The van der Waals surface area contributed by atoms with Gasteiger partial charge in [-0.25, -0.2) is 13.8 Å². The monoisotopic (exact) mass is 669 g/mol. The van der Waals surface area contributed by atoms with Gasteiger partial charge in [-0.15, -0.1) is 0 Å². The molecule has 3 rings (SSSR count). The van der Waals surface area contributed by atoms with Crippen molar-refractivity contribution in [2.75, 3.05) is 11.0 Å². The molecule has 1 saturated heterocycles. The van der Waals surface area contributed by atoms with E-state index in [1.807, 2.05) is 22.6 Å². The molecule has 1 unspecified atom stereocenters. The average molecular weight is 669 g/mol. The molecule has 15 heteroatoms. The summed E-state index contributed by atoms with van der Waals surface area (Å²) in [7, 11) is -4.35. The van der Waals surface area contributed by atoms with Crippen LogP contribution in [0.15, 0.2) is 46.1 Å². The molecule has 210 valence electrons. The molecule has 0 spiro atoms. The van der Waals surface area contributed by atoms with Gasteiger partial charge < -0.3 is 19.1 Å². The van der Waals surface area contributed by atoms with Gasteiger partial charge in [-0.1, -0.05) is 40.8 Å². The van der Waals surface area contributed by atoms with Gasteiger partial charge in [-0.05, 0) is 39.8 Å². The second-order valence-corrected chi connectivity index (χ2v) is 11.5. The number of carbonyl (C=O) groups is 1. The number of aromatic nitrogens is 2. The van der Waals surface area contributed by atoms with Crippen LogP contribution in [0.1, 0.15) is 32.6 Å². The Balaban J connectivity index is 1.88. The van der Waals surface area contributed by atoms with Crippen LogP contribution in [0.4, 0.5) is 4.39 Å². The van der Waals surface area contributed by atoms with Gasteiger partial charge in [0, 0.05) is 16.2 Å². The number of esters is 1. The summed E-state index contributed by atoms with van der Waals surface area (Å²) in [6.45, 7) is 5.50. The van der Waals surface area contributed by atoms with Crippen LogP contribution in [-0.4, -0.2) is 61.7 Å². The molecule has 1 aliphatic heterocycles. The van der Waals surface area contributed by atoms with Gasteiger partial charge >= 0.3 is 19.4 Å². The van der Waals surface area contributed by atoms with Crippen LogP contribution in [0.2, 0.25) is 0 Å². The summed E-state index contributed by atoms with van der Waals surface area (Å²) in [5.41, 5.74) is -3.21. The largest absolute Gasteiger partial charge is 0.462 e. The van der Waals surface area contributed by atoms with Crippen molar-refractivity contribution in [3.8, 4) is 5.75 Å². The summed E-state index contributed by atoms with van der Waals surface area (Å²) >= 11 is 1.84. The summed E-state index contributed by atoms with van der Waals surface area (Å²) in [6, 6.07) is 6.89. The maximum Gasteiger partial charge on any atom is 0.459 e. The number of aromatic amines is 1. The van der Waals surface area contributed by atoms with Gasteiger partial charge in [-0.2, -0.15) is 5.09 Å². The lowest BCUT2D eigenvalue weighted by molar-refractivity contribution is -0.149. The Morgan fingerprint density at radius 1 is 1.32 bits per heavy atom. The Bertz CT molecular complexity index is 1290. The van der Waals surface area contributed by atoms with E-state index in [1.54, 1.807) is 32.0 Å². The van der Waals surface area contributed by atoms with E-state index in [0.717, 1.165) is 10.8 Å². The number of halogens is 2. The molecule has 1 aromatic carbocycles. The van der Waals surface area contributed by atoms with E-state index in [4.69, 9.17) is 18.5 Å². The topological polar surface area (TPSA) is 158 Å². The highest BCUT2D eigenvalue weighted by Crippen LogP contribution is 2.48. The lowest BCUT2D eigenvalue weighted by Crippen LogP contribution is -2.48. The first-order chi connectivity index (χ1) is 17.8. The van der Waals surface area contributed by atoms with Crippen molar-refractivity contribution in [2.45, 2.75) is 63.9 Å². The van der Waals surface area contributed by atoms with E-state index >= 15 is 4.39 Å². The van der Waals surface area contributed by atoms with E-state index in [-0.39, 0.29) is 15.7 Å². The van der Waals surface area contributed by atoms with Gasteiger partial charge in [0.25, 0.3) is 5.56 Å². The number of alkyl halides is 2. The number of aliphatic hydroxyl groups excluding tert-OH is 1. The molecule has 3 N–H and O–H groups in total. The first-order valence-corrected chi connectivity index (χ1v) is 14.7. The fourth-order valence-electron chi connectivity index (χ4n) is 3.60. The molecule has 0 bridgehead atoms. The van der Waals surface area contributed by atoms with E-state index in [9.17, 15) is 24.1 Å². The highest BCUT2D eigenvalue weighted by Gasteiger charge is 2.57. The predicted molar refractivity (Wildman–Crippen MR) is 143 cm³/mol. The molecule has 2 aromatic rings. The number of rotatable bonds is 11. The average Bonchev–Trinajstić information content (AvgIpc) is 3.11. The van der Waals surface area contributed by atoms with Crippen LogP contribution in [0.25, 0.3) is 0 Å². The number of hydrogen-bond donors (Lipinski definition) is 3. The Morgan fingerprint density at radius 2 is 1.97 bits per heavy atom. The zero-order chi connectivity index (χ0) is 28.3. The van der Waals surface area contributed by atoms with Crippen LogP contribution in [0.3, 0.4) is 0 Å². The maximum absolute atomic E-state index is 15.3. The van der Waals surface area contributed by atoms with Gasteiger partial charge in [-0.3, -0.25) is 23.7 Å². The highest BCUT2D eigenvalue weighted by molar-refractivity contribution is 14.1. The molecule has 6 atom stereocenters. The quantitative estimate of drug-likeness (QED) is 0.141. The van der Waals surface area contributed by atoms with Gasteiger partial charge in [0.15, 0.2) is 12.4 Å². The normalized spacial score (nSPS) is 25.6. The van der Waals surface area contributed by atoms with Crippen molar-refractivity contribution in [2.24, 2.45) is 0 Å². The minimum absolute atomic E-state index is 0.0454. The molecule has 1 fully saturated rings. The van der Waals surface area contributed by atoms with E-state index in [2.05, 4.69) is 10.1 Å². The molecular weight excluding hydrogens is 639 g/mol. The SMILES string of the molecule is Cc1cn([C@@H]2O[C@](CI)(COP(=O)(N[C@@H](C)C(=O)OC(C)C)Oc3ccccc3)[C@@H](O)[C@@H]2F)c(=O)[nH]c1=O. The number of nitrogens with zero attached hydrogens (tertiary/aromatic N) is 1.